The van der Waals surface area contributed by atoms with Crippen LogP contribution in [0, 0.1) is 5.82 Å². The average Bonchev–Trinajstić information content (AvgIpc) is 2.45. The minimum Gasteiger partial charge on any atom is -0.484 e. The van der Waals surface area contributed by atoms with Crippen LogP contribution in [0.2, 0.25) is 0 Å². The van der Waals surface area contributed by atoms with Gasteiger partial charge >= 0.3 is 0 Å². The topological polar surface area (TPSA) is 69.4 Å². The summed E-state index contributed by atoms with van der Waals surface area (Å²) in [6, 6.07) is 12.0. The second-order valence-corrected chi connectivity index (χ2v) is 6.65. The third-order valence-corrected chi connectivity index (χ3v) is 4.11. The molecule has 6 heteroatoms. The van der Waals surface area contributed by atoms with Gasteiger partial charge in [0.2, 0.25) is 0 Å². The molecule has 2 aromatic rings. The molecule has 1 unspecified atom stereocenters. The van der Waals surface area contributed by atoms with Crippen LogP contribution in [0.25, 0.3) is 0 Å². The van der Waals surface area contributed by atoms with Crippen LogP contribution < -0.4 is 10.5 Å². The van der Waals surface area contributed by atoms with Gasteiger partial charge < -0.3 is 10.5 Å². The predicted molar refractivity (Wildman–Crippen MR) is 78.4 cm³/mol. The Bertz CT molecular complexity index is 697. The summed E-state index contributed by atoms with van der Waals surface area (Å²) in [6.07, 6.45) is 0.721. The van der Waals surface area contributed by atoms with Crippen LogP contribution >= 0.6 is 0 Å². The molecule has 4 nitrogen and oxygen atoms in total. The number of benzene rings is 2. The summed E-state index contributed by atoms with van der Waals surface area (Å²) in [6.45, 7) is 0.222. The summed E-state index contributed by atoms with van der Waals surface area (Å²) in [5, 5.41) is 0. The maximum absolute atomic E-state index is 12.9. The summed E-state index contributed by atoms with van der Waals surface area (Å²) in [4.78, 5) is 0.223. The standard InChI is InChI=1S/C15H16FNO3S/c1-21(18,19)14-8-6-13(7-9-14)20-15(10-17)11-2-4-12(16)5-3-11/h2-9,15H,10,17H2,1H3. The number of halogens is 1. The van der Waals surface area contributed by atoms with Crippen LogP contribution in [0.4, 0.5) is 4.39 Å². The van der Waals surface area contributed by atoms with Crippen molar-refractivity contribution in [3.63, 3.8) is 0 Å². The number of hydrogen-bond donors (Lipinski definition) is 1. The lowest BCUT2D eigenvalue weighted by Gasteiger charge is -2.18. The highest BCUT2D eigenvalue weighted by atomic mass is 32.2. The second kappa shape index (κ2) is 6.24. The molecule has 21 heavy (non-hydrogen) atoms. The molecule has 0 aromatic heterocycles. The smallest absolute Gasteiger partial charge is 0.175 e. The molecule has 0 aliphatic carbocycles. The molecule has 112 valence electrons. The second-order valence-electron chi connectivity index (χ2n) is 4.64. The minimum absolute atomic E-state index is 0.222. The molecule has 0 bridgehead atoms. The number of nitrogens with two attached hydrogens (primary N) is 1. The van der Waals surface area contributed by atoms with Gasteiger partial charge in [0.25, 0.3) is 0 Å². The van der Waals surface area contributed by atoms with E-state index in [9.17, 15) is 12.8 Å². The summed E-state index contributed by atoms with van der Waals surface area (Å²) in [5.41, 5.74) is 6.43. The van der Waals surface area contributed by atoms with Crippen LogP contribution in [0.15, 0.2) is 53.4 Å². The molecule has 0 saturated heterocycles. The molecule has 0 aliphatic heterocycles. The van der Waals surface area contributed by atoms with E-state index in [1.165, 1.54) is 24.3 Å². The van der Waals surface area contributed by atoms with Gasteiger partial charge in [0.05, 0.1) is 4.90 Å². The van der Waals surface area contributed by atoms with Gasteiger partial charge in [0.15, 0.2) is 9.84 Å². The lowest BCUT2D eigenvalue weighted by molar-refractivity contribution is 0.214. The lowest BCUT2D eigenvalue weighted by atomic mass is 10.1. The van der Waals surface area contributed by atoms with Crippen molar-refractivity contribution in [1.29, 1.82) is 0 Å². The van der Waals surface area contributed by atoms with Crippen molar-refractivity contribution < 1.29 is 17.5 Å². The first kappa shape index (κ1) is 15.5. The predicted octanol–water partition coefficient (Wildman–Crippen LogP) is 2.31. The molecule has 0 aliphatic rings. The van der Waals surface area contributed by atoms with E-state index < -0.39 is 15.9 Å². The molecule has 0 radical (unpaired) electrons. The SMILES string of the molecule is CS(=O)(=O)c1ccc(OC(CN)c2ccc(F)cc2)cc1. The number of sulfone groups is 1. The van der Waals surface area contributed by atoms with Gasteiger partial charge in [-0.15, -0.1) is 0 Å². The quantitative estimate of drug-likeness (QED) is 0.920. The van der Waals surface area contributed by atoms with Crippen molar-refractivity contribution in [3.8, 4) is 5.75 Å². The highest BCUT2D eigenvalue weighted by Crippen LogP contribution is 2.23. The number of rotatable bonds is 5. The van der Waals surface area contributed by atoms with Crippen molar-refractivity contribution >= 4 is 9.84 Å². The fourth-order valence-electron chi connectivity index (χ4n) is 1.86. The average molecular weight is 309 g/mol. The van der Waals surface area contributed by atoms with E-state index >= 15 is 0 Å². The normalized spacial score (nSPS) is 12.9. The molecular formula is C15H16FNO3S. The molecule has 2 aromatic carbocycles. The Labute approximate surface area is 123 Å². The Morgan fingerprint density at radius 2 is 1.67 bits per heavy atom. The van der Waals surface area contributed by atoms with Gasteiger partial charge in [-0.1, -0.05) is 12.1 Å². The van der Waals surface area contributed by atoms with E-state index in [2.05, 4.69) is 0 Å². The molecule has 2 rings (SSSR count). The third-order valence-electron chi connectivity index (χ3n) is 2.99. The zero-order valence-electron chi connectivity index (χ0n) is 11.5. The first-order valence-electron chi connectivity index (χ1n) is 6.32. The van der Waals surface area contributed by atoms with Crippen LogP contribution in [-0.2, 0) is 9.84 Å². The number of ether oxygens (including phenoxy) is 1. The van der Waals surface area contributed by atoms with Gasteiger partial charge in [0, 0.05) is 12.8 Å². The minimum atomic E-state index is -3.23. The molecule has 0 spiro atoms. The molecule has 1 atom stereocenters. The van der Waals surface area contributed by atoms with Crippen LogP contribution in [0.5, 0.6) is 5.75 Å². The molecule has 0 fully saturated rings. The van der Waals surface area contributed by atoms with Crippen LogP contribution in [0.1, 0.15) is 11.7 Å². The van der Waals surface area contributed by atoms with E-state index in [0.717, 1.165) is 11.8 Å². The Hall–Kier alpha value is -1.92. The van der Waals surface area contributed by atoms with E-state index in [4.69, 9.17) is 10.5 Å². The highest BCUT2D eigenvalue weighted by molar-refractivity contribution is 7.90. The fourth-order valence-corrected chi connectivity index (χ4v) is 2.49. The maximum atomic E-state index is 12.9. The van der Waals surface area contributed by atoms with Crippen LogP contribution in [-0.4, -0.2) is 21.2 Å². The lowest BCUT2D eigenvalue weighted by Crippen LogP contribution is -2.18. The van der Waals surface area contributed by atoms with E-state index in [-0.39, 0.29) is 17.3 Å². The van der Waals surface area contributed by atoms with Crippen LogP contribution in [0.3, 0.4) is 0 Å². The van der Waals surface area contributed by atoms with Crippen molar-refractivity contribution in [3.05, 3.63) is 59.9 Å². The Morgan fingerprint density at radius 1 is 1.10 bits per heavy atom. The third kappa shape index (κ3) is 4.03. The van der Waals surface area contributed by atoms with Gasteiger partial charge in [0.1, 0.15) is 17.7 Å². The molecule has 0 amide bonds. The Kier molecular flexibility index (Phi) is 4.59. The van der Waals surface area contributed by atoms with E-state index in [0.29, 0.717) is 5.75 Å². The Balaban J connectivity index is 2.17. The summed E-state index contributed by atoms with van der Waals surface area (Å²) < 4.78 is 41.4. The van der Waals surface area contributed by atoms with E-state index in [1.54, 1.807) is 24.3 Å². The van der Waals surface area contributed by atoms with Crippen molar-refractivity contribution in [2.45, 2.75) is 11.0 Å². The monoisotopic (exact) mass is 309 g/mol. The largest absolute Gasteiger partial charge is 0.484 e. The summed E-state index contributed by atoms with van der Waals surface area (Å²) in [7, 11) is -3.23. The molecule has 0 heterocycles. The van der Waals surface area contributed by atoms with Gasteiger partial charge in [-0.25, -0.2) is 12.8 Å². The summed E-state index contributed by atoms with van der Waals surface area (Å²) in [5.74, 6) is 0.175. The zero-order chi connectivity index (χ0) is 15.5. The van der Waals surface area contributed by atoms with E-state index in [1.807, 2.05) is 0 Å². The van der Waals surface area contributed by atoms with Crippen molar-refractivity contribution in [2.75, 3.05) is 12.8 Å². The molecular weight excluding hydrogens is 293 g/mol. The van der Waals surface area contributed by atoms with Crippen molar-refractivity contribution in [1.82, 2.24) is 0 Å². The zero-order valence-corrected chi connectivity index (χ0v) is 12.3. The molecule has 0 saturated carbocycles. The molecule has 2 N–H and O–H groups in total. The van der Waals surface area contributed by atoms with Gasteiger partial charge in [-0.3, -0.25) is 0 Å². The number of hydrogen-bond acceptors (Lipinski definition) is 4. The van der Waals surface area contributed by atoms with Crippen molar-refractivity contribution in [2.24, 2.45) is 5.73 Å². The first-order valence-corrected chi connectivity index (χ1v) is 8.21. The first-order chi connectivity index (χ1) is 9.90. The highest BCUT2D eigenvalue weighted by Gasteiger charge is 2.13. The Morgan fingerprint density at radius 3 is 2.14 bits per heavy atom. The summed E-state index contributed by atoms with van der Waals surface area (Å²) >= 11 is 0. The maximum Gasteiger partial charge on any atom is 0.175 e. The fraction of sp³-hybridized carbons (Fsp3) is 0.200. The van der Waals surface area contributed by atoms with Gasteiger partial charge in [-0.05, 0) is 42.0 Å². The van der Waals surface area contributed by atoms with Gasteiger partial charge in [-0.2, -0.15) is 0 Å².